The molecule has 0 aliphatic heterocycles. The van der Waals surface area contributed by atoms with Crippen LogP contribution in [0.25, 0.3) is 10.8 Å². The van der Waals surface area contributed by atoms with Gasteiger partial charge < -0.3 is 31.3 Å². The number of amides is 3. The number of hydrogen-bond acceptors (Lipinski definition) is 10. The lowest BCUT2D eigenvalue weighted by Gasteiger charge is -2.53. The van der Waals surface area contributed by atoms with E-state index in [2.05, 4.69) is 10.6 Å². The number of aromatic hydroxyl groups is 1. The van der Waals surface area contributed by atoms with Crippen molar-refractivity contribution in [2.45, 2.75) is 44.3 Å². The van der Waals surface area contributed by atoms with Crippen LogP contribution in [0, 0.1) is 23.7 Å². The molecule has 6 rings (SSSR count). The molecule has 6 N–H and O–H groups in total. The molecule has 0 radical (unpaired) electrons. The summed E-state index contributed by atoms with van der Waals surface area (Å²) >= 11 is 0. The van der Waals surface area contributed by atoms with Gasteiger partial charge in [-0.2, -0.15) is 0 Å². The average Bonchev–Trinajstić information content (AvgIpc) is 3.03. The van der Waals surface area contributed by atoms with Gasteiger partial charge in [0.05, 0.1) is 22.9 Å². The minimum absolute atomic E-state index is 0.131. The number of carbonyl (C=O) groups is 7. The lowest BCUT2D eigenvalue weighted by Crippen LogP contribution is -2.73. The van der Waals surface area contributed by atoms with E-state index in [0.717, 1.165) is 10.8 Å². The van der Waals surface area contributed by atoms with Crippen molar-refractivity contribution in [2.24, 2.45) is 29.4 Å². The van der Waals surface area contributed by atoms with Crippen LogP contribution in [0.4, 0.5) is 16.2 Å². The van der Waals surface area contributed by atoms with E-state index in [1.54, 1.807) is 19.1 Å². The number of ether oxygens (including phenoxy) is 1. The molecule has 0 heterocycles. The molecule has 0 bridgehead atoms. The summed E-state index contributed by atoms with van der Waals surface area (Å²) in [6.07, 6.45) is -2.27. The number of phenolic OH excluding ortho intramolecular Hbond substituents is 1. The van der Waals surface area contributed by atoms with Crippen LogP contribution < -0.4 is 16.4 Å². The molecule has 3 aromatic rings. The largest absolute Gasteiger partial charge is 0.505 e. The van der Waals surface area contributed by atoms with Gasteiger partial charge in [-0.05, 0) is 29.0 Å². The Balaban J connectivity index is 1.39. The van der Waals surface area contributed by atoms with Crippen LogP contribution >= 0.6 is 0 Å². The second-order valence-electron chi connectivity index (χ2n) is 12.2. The fourth-order valence-electron chi connectivity index (χ4n) is 7.43. The highest BCUT2D eigenvalue weighted by atomic mass is 16.5. The lowest BCUT2D eigenvalue weighted by molar-refractivity contribution is -0.198. The Bertz CT molecular complexity index is 1920. The van der Waals surface area contributed by atoms with Crippen molar-refractivity contribution in [3.05, 3.63) is 65.7 Å². The van der Waals surface area contributed by atoms with Gasteiger partial charge in [0.25, 0.3) is 0 Å². The zero-order chi connectivity index (χ0) is 33.9. The van der Waals surface area contributed by atoms with Crippen LogP contribution in [0.3, 0.4) is 0 Å². The van der Waals surface area contributed by atoms with E-state index in [0.29, 0.717) is 5.69 Å². The van der Waals surface area contributed by atoms with Crippen LogP contribution in [-0.4, -0.2) is 63.0 Å². The number of benzene rings is 3. The molecule has 3 aliphatic carbocycles. The topological polar surface area (TPSA) is 219 Å². The number of primary amides is 1. The molecule has 0 spiro atoms. The molecule has 3 aromatic carbocycles. The quantitative estimate of drug-likeness (QED) is 0.156. The number of aliphatic hydroxyl groups is 1. The third kappa shape index (κ3) is 4.76. The van der Waals surface area contributed by atoms with Gasteiger partial charge in [0.15, 0.2) is 34.7 Å². The number of Topliss-reactive ketones (excluding diaryl/α,β-unsaturated/α-hetero) is 4. The molecule has 0 saturated heterocycles. The second-order valence-corrected chi connectivity index (χ2v) is 12.2. The maximum atomic E-state index is 14.2. The minimum atomic E-state index is -3.05. The summed E-state index contributed by atoms with van der Waals surface area (Å²) in [5.74, 6) is -14.9. The summed E-state index contributed by atoms with van der Waals surface area (Å²) in [7, 11) is 0. The molecular weight excluding hydrogens is 610 g/mol. The Hall–Kier alpha value is -5.43. The standard InChI is InChI=1S/C34H31N3O10/c1-3-22(39)47-29-18-13-21(38)25(32(35)44)30(42)34(18,46)31(43)26-23(29)14(2)16-11-12-20(27(40)24(16)28(26)41)37-33(45)36-19-10-6-8-15-7-4-5-9-17(15)19/h4-12,14,18,23,25-26,29,40,46H,3,13H2,1-2H3,(H2,35,44)(H2,36,37,45)/t14-,18+,23+,25?,26?,29+,34+/m0/s1. The van der Waals surface area contributed by atoms with Crippen LogP contribution in [0.15, 0.2) is 54.6 Å². The zero-order valence-corrected chi connectivity index (χ0v) is 25.3. The minimum Gasteiger partial charge on any atom is -0.505 e. The Morgan fingerprint density at radius 3 is 2.34 bits per heavy atom. The predicted octanol–water partition coefficient (Wildman–Crippen LogP) is 2.62. The molecular formula is C34H31N3O10. The Morgan fingerprint density at radius 2 is 1.64 bits per heavy atom. The number of hydrogen-bond donors (Lipinski definition) is 5. The monoisotopic (exact) mass is 641 g/mol. The molecule has 13 heteroatoms. The Morgan fingerprint density at radius 1 is 0.957 bits per heavy atom. The number of phenols is 1. The highest BCUT2D eigenvalue weighted by Crippen LogP contribution is 2.55. The van der Waals surface area contributed by atoms with Crippen LogP contribution in [0.1, 0.15) is 48.5 Å². The number of nitrogens with one attached hydrogen (secondary N) is 2. The number of anilines is 2. The number of fused-ring (bicyclic) bond motifs is 4. The lowest BCUT2D eigenvalue weighted by atomic mass is 9.50. The van der Waals surface area contributed by atoms with Gasteiger partial charge >= 0.3 is 12.0 Å². The molecule has 2 unspecified atom stereocenters. The molecule has 0 aromatic heterocycles. The van der Waals surface area contributed by atoms with Crippen LogP contribution in [0.2, 0.25) is 0 Å². The molecule has 242 valence electrons. The van der Waals surface area contributed by atoms with Gasteiger partial charge in [-0.25, -0.2) is 4.79 Å². The summed E-state index contributed by atoms with van der Waals surface area (Å²) in [6.45, 7) is 3.11. The smallest absolute Gasteiger partial charge is 0.323 e. The van der Waals surface area contributed by atoms with Crippen LogP contribution in [0.5, 0.6) is 5.75 Å². The number of ketones is 4. The summed E-state index contributed by atoms with van der Waals surface area (Å²) in [4.78, 5) is 92.3. The fraction of sp³-hybridized carbons (Fsp3) is 0.324. The first-order valence-electron chi connectivity index (χ1n) is 15.1. The number of rotatable bonds is 5. The van der Waals surface area contributed by atoms with Gasteiger partial charge in [0.1, 0.15) is 11.9 Å². The third-order valence-corrected chi connectivity index (χ3v) is 9.67. The fourth-order valence-corrected chi connectivity index (χ4v) is 7.43. The number of nitrogens with two attached hydrogens (primary N) is 1. The van der Waals surface area contributed by atoms with Gasteiger partial charge in [-0.1, -0.05) is 56.3 Å². The first-order chi connectivity index (χ1) is 22.3. The molecule has 47 heavy (non-hydrogen) atoms. The van der Waals surface area contributed by atoms with E-state index in [-0.39, 0.29) is 23.2 Å². The van der Waals surface area contributed by atoms with E-state index in [4.69, 9.17) is 10.5 Å². The number of urea groups is 1. The summed E-state index contributed by atoms with van der Waals surface area (Å²) in [5.41, 5.74) is 2.48. The van der Waals surface area contributed by atoms with Crippen molar-refractivity contribution >= 4 is 63.2 Å². The van der Waals surface area contributed by atoms with E-state index >= 15 is 0 Å². The predicted molar refractivity (Wildman–Crippen MR) is 165 cm³/mol. The van der Waals surface area contributed by atoms with Gasteiger partial charge in [0.2, 0.25) is 5.91 Å². The number of esters is 1. The van der Waals surface area contributed by atoms with Crippen molar-refractivity contribution < 1.29 is 48.5 Å². The molecule has 3 aliphatic rings. The van der Waals surface area contributed by atoms with Crippen molar-refractivity contribution in [1.29, 1.82) is 0 Å². The van der Waals surface area contributed by atoms with E-state index in [1.807, 2.05) is 30.3 Å². The van der Waals surface area contributed by atoms with Gasteiger partial charge in [-0.3, -0.25) is 28.8 Å². The van der Waals surface area contributed by atoms with Gasteiger partial charge in [-0.15, -0.1) is 0 Å². The van der Waals surface area contributed by atoms with Crippen molar-refractivity contribution in [3.8, 4) is 5.75 Å². The molecule has 3 amide bonds. The normalized spacial score (nSPS) is 28.1. The first-order valence-corrected chi connectivity index (χ1v) is 15.1. The highest BCUT2D eigenvalue weighted by molar-refractivity contribution is 6.31. The van der Waals surface area contributed by atoms with Crippen LogP contribution in [-0.2, 0) is 28.7 Å². The maximum absolute atomic E-state index is 14.2. The van der Waals surface area contributed by atoms with E-state index in [9.17, 15) is 43.8 Å². The van der Waals surface area contributed by atoms with E-state index < -0.39 is 94.5 Å². The zero-order valence-electron chi connectivity index (χ0n) is 25.3. The van der Waals surface area contributed by atoms with Crippen molar-refractivity contribution in [3.63, 3.8) is 0 Å². The molecule has 2 saturated carbocycles. The van der Waals surface area contributed by atoms with Crippen molar-refractivity contribution in [1.82, 2.24) is 0 Å². The second kappa shape index (κ2) is 11.4. The molecule has 13 nitrogen and oxygen atoms in total. The van der Waals surface area contributed by atoms with Crippen molar-refractivity contribution in [2.75, 3.05) is 10.6 Å². The third-order valence-electron chi connectivity index (χ3n) is 9.67. The number of carbonyl (C=O) groups excluding carboxylic acids is 7. The van der Waals surface area contributed by atoms with E-state index in [1.165, 1.54) is 19.1 Å². The van der Waals surface area contributed by atoms with Gasteiger partial charge in [0, 0.05) is 30.1 Å². The summed E-state index contributed by atoms with van der Waals surface area (Å²) in [6, 6.07) is 14.8. The Kier molecular flexibility index (Phi) is 7.67. The average molecular weight is 642 g/mol. The highest BCUT2D eigenvalue weighted by Gasteiger charge is 2.71. The first kappa shape index (κ1) is 31.5. The summed E-state index contributed by atoms with van der Waals surface area (Å²) in [5, 5.41) is 30.0. The Labute approximate surface area is 267 Å². The maximum Gasteiger partial charge on any atom is 0.323 e. The molecule has 2 fully saturated rings. The SMILES string of the molecule is CCC(=O)O[C@H]1[C@H]2C(C(=O)c3c(ccc(NC(=O)Nc4cccc5ccccc45)c3O)[C@@H]2C)C(=O)[C@]2(O)C(=O)C(C(N)=O)C(=O)C[C@H]12. The molecule has 7 atom stereocenters. The summed E-state index contributed by atoms with van der Waals surface area (Å²) < 4.78 is 5.66.